The van der Waals surface area contributed by atoms with Gasteiger partial charge in [0, 0.05) is 12.2 Å². The Hall–Kier alpha value is -1.20. The Morgan fingerprint density at radius 1 is 1.38 bits per heavy atom. The first-order valence-corrected chi connectivity index (χ1v) is 8.12. The second kappa shape index (κ2) is 7.71. The number of rotatable bonds is 6. The van der Waals surface area contributed by atoms with Crippen molar-refractivity contribution in [3.8, 4) is 0 Å². The predicted molar refractivity (Wildman–Crippen MR) is 90.9 cm³/mol. The van der Waals surface area contributed by atoms with Gasteiger partial charge in [0.25, 0.3) is 0 Å². The van der Waals surface area contributed by atoms with Gasteiger partial charge in [-0.05, 0) is 38.3 Å². The first kappa shape index (κ1) is 16.2. The maximum atomic E-state index is 5.91. The Morgan fingerprint density at radius 3 is 2.76 bits per heavy atom. The molecule has 1 aromatic heterocycles. The number of nitrogens with two attached hydrogens (primary N) is 1. The Bertz CT molecular complexity index is 499. The molecular formula is C16H25N3OS. The zero-order chi connectivity index (χ0) is 15.2. The number of anilines is 1. The van der Waals surface area contributed by atoms with Gasteiger partial charge in [0.15, 0.2) is 0 Å². The highest BCUT2D eigenvalue weighted by Crippen LogP contribution is 2.21. The number of nitrogens with one attached hydrogen (secondary N) is 1. The van der Waals surface area contributed by atoms with Crippen LogP contribution in [0.3, 0.4) is 0 Å². The van der Waals surface area contributed by atoms with Crippen molar-refractivity contribution in [2.24, 2.45) is 5.73 Å². The third-order valence-corrected chi connectivity index (χ3v) is 4.10. The quantitative estimate of drug-likeness (QED) is 0.625. The molecule has 1 aromatic rings. The van der Waals surface area contributed by atoms with E-state index in [1.54, 1.807) is 0 Å². The fraction of sp³-hybridized carbons (Fsp3) is 0.625. The van der Waals surface area contributed by atoms with Crippen LogP contribution in [0.4, 0.5) is 5.82 Å². The molecule has 0 atom stereocenters. The molecule has 2 rings (SSSR count). The highest BCUT2D eigenvalue weighted by atomic mass is 32.1. The maximum absolute atomic E-state index is 5.91. The minimum Gasteiger partial charge on any atom is -0.389 e. The van der Waals surface area contributed by atoms with Crippen LogP contribution >= 0.6 is 12.2 Å². The van der Waals surface area contributed by atoms with Crippen LogP contribution in [0.15, 0.2) is 6.07 Å². The second-order valence-electron chi connectivity index (χ2n) is 5.73. The van der Waals surface area contributed by atoms with Crippen LogP contribution in [0, 0.1) is 13.8 Å². The summed E-state index contributed by atoms with van der Waals surface area (Å²) in [4.78, 5) is 4.89. The van der Waals surface area contributed by atoms with Crippen molar-refractivity contribution in [1.29, 1.82) is 0 Å². The second-order valence-corrected chi connectivity index (χ2v) is 6.17. The molecule has 5 heteroatoms. The molecule has 1 aliphatic carbocycles. The molecule has 116 valence electrons. The summed E-state index contributed by atoms with van der Waals surface area (Å²) < 4.78 is 5.91. The van der Waals surface area contributed by atoms with Gasteiger partial charge in [-0.15, -0.1) is 0 Å². The lowest BCUT2D eigenvalue weighted by molar-refractivity contribution is 0.0347. The largest absolute Gasteiger partial charge is 0.389 e. The van der Waals surface area contributed by atoms with Gasteiger partial charge in [0.1, 0.15) is 10.8 Å². The van der Waals surface area contributed by atoms with Gasteiger partial charge in [-0.2, -0.15) is 0 Å². The fourth-order valence-electron chi connectivity index (χ4n) is 2.90. The van der Waals surface area contributed by atoms with Gasteiger partial charge in [-0.1, -0.05) is 31.5 Å². The lowest BCUT2D eigenvalue weighted by atomic mass is 9.98. The highest BCUT2D eigenvalue weighted by Gasteiger charge is 2.14. The molecule has 0 aromatic carbocycles. The fourth-order valence-corrected chi connectivity index (χ4v) is 3.16. The number of nitrogens with zero attached hydrogens (tertiary/aromatic N) is 1. The topological polar surface area (TPSA) is 60.2 Å². The van der Waals surface area contributed by atoms with E-state index >= 15 is 0 Å². The van der Waals surface area contributed by atoms with Crippen molar-refractivity contribution < 1.29 is 4.74 Å². The molecule has 0 spiro atoms. The zero-order valence-electron chi connectivity index (χ0n) is 12.9. The molecule has 0 radical (unpaired) electrons. The lowest BCUT2D eigenvalue weighted by Crippen LogP contribution is -2.22. The number of hydrogen-bond donors (Lipinski definition) is 2. The van der Waals surface area contributed by atoms with Crippen molar-refractivity contribution in [3.05, 3.63) is 22.9 Å². The number of aromatic nitrogens is 1. The summed E-state index contributed by atoms with van der Waals surface area (Å²) in [5.41, 5.74) is 8.67. The van der Waals surface area contributed by atoms with Gasteiger partial charge in [-0.25, -0.2) is 4.98 Å². The van der Waals surface area contributed by atoms with E-state index in [0.717, 1.165) is 29.2 Å². The van der Waals surface area contributed by atoms with Gasteiger partial charge in [0.05, 0.1) is 18.3 Å². The molecule has 0 unspecified atom stereocenters. The zero-order valence-corrected chi connectivity index (χ0v) is 13.8. The minimum atomic E-state index is 0.385. The normalized spacial score (nSPS) is 15.9. The van der Waals surface area contributed by atoms with E-state index < -0.39 is 0 Å². The SMILES string of the molecule is Cc1cc(C)c(C(N)=S)c(NCCOC2CCCCC2)n1. The van der Waals surface area contributed by atoms with E-state index in [9.17, 15) is 0 Å². The van der Waals surface area contributed by atoms with Crippen LogP contribution in [0.25, 0.3) is 0 Å². The molecular weight excluding hydrogens is 282 g/mol. The molecule has 1 aliphatic rings. The van der Waals surface area contributed by atoms with E-state index in [4.69, 9.17) is 22.7 Å². The summed E-state index contributed by atoms with van der Waals surface area (Å²) in [5, 5.41) is 3.31. The number of aryl methyl sites for hydroxylation is 2. The number of ether oxygens (including phenoxy) is 1. The van der Waals surface area contributed by atoms with Gasteiger partial charge >= 0.3 is 0 Å². The molecule has 0 amide bonds. The summed E-state index contributed by atoms with van der Waals surface area (Å²) in [6, 6.07) is 2.00. The molecule has 1 saturated carbocycles. The van der Waals surface area contributed by atoms with E-state index in [1.807, 2.05) is 19.9 Å². The third kappa shape index (κ3) is 4.64. The smallest absolute Gasteiger partial charge is 0.136 e. The Kier molecular flexibility index (Phi) is 5.94. The van der Waals surface area contributed by atoms with Crippen molar-refractivity contribution in [1.82, 2.24) is 4.98 Å². The van der Waals surface area contributed by atoms with Crippen molar-refractivity contribution >= 4 is 23.0 Å². The summed E-state index contributed by atoms with van der Waals surface area (Å²) in [5.74, 6) is 0.771. The van der Waals surface area contributed by atoms with Crippen LogP contribution < -0.4 is 11.1 Å². The van der Waals surface area contributed by atoms with Crippen LogP contribution in [-0.4, -0.2) is 29.2 Å². The summed E-state index contributed by atoms with van der Waals surface area (Å²) in [7, 11) is 0. The highest BCUT2D eigenvalue weighted by molar-refractivity contribution is 7.80. The Morgan fingerprint density at radius 2 is 2.10 bits per heavy atom. The van der Waals surface area contributed by atoms with Crippen molar-refractivity contribution in [2.45, 2.75) is 52.1 Å². The minimum absolute atomic E-state index is 0.385. The molecule has 1 heterocycles. The van der Waals surface area contributed by atoms with E-state index in [-0.39, 0.29) is 0 Å². The standard InChI is InChI=1S/C16H25N3OS/c1-11-10-12(2)19-16(14(11)15(17)21)18-8-9-20-13-6-4-3-5-7-13/h10,13H,3-9H2,1-2H3,(H2,17,21)(H,18,19). The lowest BCUT2D eigenvalue weighted by Gasteiger charge is -2.22. The van der Waals surface area contributed by atoms with E-state index in [1.165, 1.54) is 32.1 Å². The summed E-state index contributed by atoms with van der Waals surface area (Å²) in [6.07, 6.45) is 6.76. The molecule has 0 bridgehead atoms. The summed E-state index contributed by atoms with van der Waals surface area (Å²) >= 11 is 5.13. The third-order valence-electron chi connectivity index (χ3n) is 3.89. The van der Waals surface area contributed by atoms with Crippen LogP contribution in [0.2, 0.25) is 0 Å². The Labute approximate surface area is 132 Å². The van der Waals surface area contributed by atoms with Crippen LogP contribution in [0.5, 0.6) is 0 Å². The van der Waals surface area contributed by atoms with Crippen LogP contribution in [0.1, 0.15) is 48.9 Å². The van der Waals surface area contributed by atoms with Gasteiger partial charge < -0.3 is 15.8 Å². The van der Waals surface area contributed by atoms with Crippen molar-refractivity contribution in [3.63, 3.8) is 0 Å². The molecule has 0 saturated heterocycles. The average molecular weight is 307 g/mol. The summed E-state index contributed by atoms with van der Waals surface area (Å²) in [6.45, 7) is 5.39. The molecule has 0 aliphatic heterocycles. The predicted octanol–water partition coefficient (Wildman–Crippen LogP) is 3.09. The number of thiocarbonyl (C=S) groups is 1. The van der Waals surface area contributed by atoms with Crippen molar-refractivity contribution in [2.75, 3.05) is 18.5 Å². The molecule has 1 fully saturated rings. The van der Waals surface area contributed by atoms with Gasteiger partial charge in [0.2, 0.25) is 0 Å². The first-order chi connectivity index (χ1) is 10.1. The first-order valence-electron chi connectivity index (χ1n) is 7.71. The van der Waals surface area contributed by atoms with Gasteiger partial charge in [-0.3, -0.25) is 0 Å². The monoisotopic (exact) mass is 307 g/mol. The number of pyridine rings is 1. The maximum Gasteiger partial charge on any atom is 0.136 e. The molecule has 3 N–H and O–H groups in total. The van der Waals surface area contributed by atoms with E-state index in [0.29, 0.717) is 17.7 Å². The molecule has 4 nitrogen and oxygen atoms in total. The van der Waals surface area contributed by atoms with E-state index in [2.05, 4.69) is 10.3 Å². The average Bonchev–Trinajstić information content (AvgIpc) is 2.43. The number of hydrogen-bond acceptors (Lipinski definition) is 4. The molecule has 21 heavy (non-hydrogen) atoms. The van der Waals surface area contributed by atoms with Crippen LogP contribution in [-0.2, 0) is 4.74 Å². The Balaban J connectivity index is 1.88.